The predicted molar refractivity (Wildman–Crippen MR) is 108 cm³/mol. The van der Waals surface area contributed by atoms with Crippen LogP contribution in [0.15, 0.2) is 64.0 Å². The van der Waals surface area contributed by atoms with E-state index in [1.54, 1.807) is 31.4 Å². The van der Waals surface area contributed by atoms with Crippen molar-refractivity contribution in [3.8, 4) is 5.75 Å². The molecule has 8 heteroatoms. The number of nitrogens with one attached hydrogen (secondary N) is 2. The molecule has 0 unspecified atom stereocenters. The summed E-state index contributed by atoms with van der Waals surface area (Å²) in [5.41, 5.74) is 4.38. The normalized spacial score (nSPS) is 18.5. The molecule has 2 aliphatic rings. The van der Waals surface area contributed by atoms with Crippen LogP contribution in [0.3, 0.4) is 0 Å². The Kier molecular flexibility index (Phi) is 4.56. The number of rotatable bonds is 3. The summed E-state index contributed by atoms with van der Waals surface area (Å²) in [7, 11) is 3.43. The van der Waals surface area contributed by atoms with Crippen LogP contribution in [0.1, 0.15) is 10.4 Å². The molecule has 1 fully saturated rings. The fraction of sp³-hybridized carbons (Fsp3) is 0.150. The highest BCUT2D eigenvalue weighted by molar-refractivity contribution is 8.03. The van der Waals surface area contributed by atoms with Gasteiger partial charge in [0.25, 0.3) is 5.91 Å². The number of para-hydroxylation sites is 1. The molecule has 0 saturated carbocycles. The van der Waals surface area contributed by atoms with E-state index in [4.69, 9.17) is 10.1 Å². The Labute approximate surface area is 166 Å². The van der Waals surface area contributed by atoms with Gasteiger partial charge in [0.2, 0.25) is 0 Å². The van der Waals surface area contributed by atoms with Crippen molar-refractivity contribution in [2.24, 2.45) is 0 Å². The van der Waals surface area contributed by atoms with Crippen LogP contribution in [0.5, 0.6) is 5.75 Å². The van der Waals surface area contributed by atoms with E-state index < -0.39 is 0 Å². The summed E-state index contributed by atoms with van der Waals surface area (Å²) in [6.45, 7) is -0.0652. The molecule has 0 aromatic heterocycles. The summed E-state index contributed by atoms with van der Waals surface area (Å²) in [6.07, 6.45) is 0. The number of amides is 1. The highest BCUT2D eigenvalue weighted by Crippen LogP contribution is 2.46. The Balaban J connectivity index is 1.55. The average molecular weight is 394 g/mol. The number of ketones is 1. The highest BCUT2D eigenvalue weighted by atomic mass is 32.2. The minimum atomic E-state index is -0.387. The molecule has 2 aromatic rings. The van der Waals surface area contributed by atoms with Crippen LogP contribution in [-0.2, 0) is 4.79 Å². The third-order valence-corrected chi connectivity index (χ3v) is 5.86. The maximum atomic E-state index is 12.6. The number of carbonyl (C=O) groups is 2. The first-order valence-electron chi connectivity index (χ1n) is 8.59. The molecule has 4 rings (SSSR count). The zero-order valence-corrected chi connectivity index (χ0v) is 16.2. The summed E-state index contributed by atoms with van der Waals surface area (Å²) < 4.78 is 5.09. The second kappa shape index (κ2) is 7.05. The minimum Gasteiger partial charge on any atom is -0.497 e. The number of amidine groups is 1. The van der Waals surface area contributed by atoms with Crippen molar-refractivity contribution in [1.29, 1.82) is 5.41 Å². The molecule has 2 N–H and O–H groups in total. The number of thioether (sulfide) groups is 1. The monoisotopic (exact) mass is 394 g/mol. The topological polar surface area (TPSA) is 85.7 Å². The van der Waals surface area contributed by atoms with Crippen LogP contribution in [0.4, 0.5) is 5.69 Å². The zero-order chi connectivity index (χ0) is 19.8. The molecule has 1 saturated heterocycles. The number of hydrazine groups is 1. The molecule has 2 heterocycles. The van der Waals surface area contributed by atoms with E-state index in [-0.39, 0.29) is 24.1 Å². The van der Waals surface area contributed by atoms with Crippen molar-refractivity contribution in [3.63, 3.8) is 0 Å². The van der Waals surface area contributed by atoms with Crippen molar-refractivity contribution >= 4 is 35.0 Å². The van der Waals surface area contributed by atoms with E-state index in [2.05, 4.69) is 5.43 Å². The van der Waals surface area contributed by atoms with Gasteiger partial charge in [0.05, 0.1) is 23.4 Å². The number of nitrogens with zero attached hydrogens (tertiary/aromatic N) is 2. The van der Waals surface area contributed by atoms with Crippen molar-refractivity contribution in [2.45, 2.75) is 4.90 Å². The lowest BCUT2D eigenvalue weighted by Crippen LogP contribution is -2.43. The van der Waals surface area contributed by atoms with Gasteiger partial charge in [0, 0.05) is 17.5 Å². The third kappa shape index (κ3) is 3.01. The second-order valence-electron chi connectivity index (χ2n) is 6.34. The lowest BCUT2D eigenvalue weighted by atomic mass is 10.2. The predicted octanol–water partition coefficient (Wildman–Crippen LogP) is 2.66. The first-order chi connectivity index (χ1) is 13.5. The maximum Gasteiger partial charge on any atom is 0.269 e. The first kappa shape index (κ1) is 18.1. The van der Waals surface area contributed by atoms with E-state index in [1.165, 1.54) is 16.8 Å². The summed E-state index contributed by atoms with van der Waals surface area (Å²) in [6, 6.07) is 14.5. The van der Waals surface area contributed by atoms with Crippen molar-refractivity contribution in [1.82, 2.24) is 10.4 Å². The lowest BCUT2D eigenvalue weighted by molar-refractivity contribution is -0.114. The van der Waals surface area contributed by atoms with Gasteiger partial charge in [-0.2, -0.15) is 0 Å². The summed E-state index contributed by atoms with van der Waals surface area (Å²) >= 11 is 1.46. The number of benzene rings is 2. The second-order valence-corrected chi connectivity index (χ2v) is 7.37. The SMILES string of the molecule is COc1ccc(C(=O)NN2CC(=O)/C(=C3\Sc4ccccc4N3C)C2=N)cc1. The van der Waals surface area contributed by atoms with Gasteiger partial charge in [-0.1, -0.05) is 23.9 Å². The van der Waals surface area contributed by atoms with E-state index in [1.807, 2.05) is 36.2 Å². The molecule has 0 atom stereocenters. The van der Waals surface area contributed by atoms with Gasteiger partial charge in [0.1, 0.15) is 12.3 Å². The van der Waals surface area contributed by atoms with Crippen molar-refractivity contribution < 1.29 is 14.3 Å². The molecule has 2 aliphatic heterocycles. The number of hydrogen-bond donors (Lipinski definition) is 2. The molecule has 0 radical (unpaired) electrons. The standard InChI is InChI=1S/C20H18N4O3S/c1-23-14-5-3-4-6-16(14)28-20(23)17-15(25)11-24(18(17)21)22-19(26)12-7-9-13(27-2)10-8-12/h3-10,21H,11H2,1-2H3,(H,22,26)/b20-17+,21-18?. The number of hydrogen-bond acceptors (Lipinski definition) is 6. The fourth-order valence-electron chi connectivity index (χ4n) is 3.14. The van der Waals surface area contributed by atoms with E-state index >= 15 is 0 Å². The number of ether oxygens (including phenoxy) is 1. The quantitative estimate of drug-likeness (QED) is 0.779. The molecule has 0 bridgehead atoms. The molecule has 7 nitrogen and oxygen atoms in total. The highest BCUT2D eigenvalue weighted by Gasteiger charge is 2.38. The molecule has 0 aliphatic carbocycles. The molecule has 1 amide bonds. The summed E-state index contributed by atoms with van der Waals surface area (Å²) in [4.78, 5) is 28.1. The van der Waals surface area contributed by atoms with Gasteiger partial charge in [-0.25, -0.2) is 0 Å². The lowest BCUT2D eigenvalue weighted by Gasteiger charge is -2.19. The van der Waals surface area contributed by atoms with Gasteiger partial charge in [-0.3, -0.25) is 25.4 Å². The Morgan fingerprint density at radius 1 is 1.18 bits per heavy atom. The number of fused-ring (bicyclic) bond motifs is 1. The van der Waals surface area contributed by atoms with Gasteiger partial charge >= 0.3 is 0 Å². The van der Waals surface area contributed by atoms with Crippen LogP contribution in [0.2, 0.25) is 0 Å². The summed E-state index contributed by atoms with van der Waals surface area (Å²) in [5, 5.41) is 10.4. The Bertz CT molecular complexity index is 1020. The minimum absolute atomic E-state index is 0.00554. The van der Waals surface area contributed by atoms with Gasteiger partial charge < -0.3 is 9.64 Å². The van der Waals surface area contributed by atoms with Gasteiger partial charge in [-0.05, 0) is 36.4 Å². The number of methoxy groups -OCH3 is 1. The average Bonchev–Trinajstić information content (AvgIpc) is 3.17. The Morgan fingerprint density at radius 3 is 2.57 bits per heavy atom. The largest absolute Gasteiger partial charge is 0.497 e. The Hall–Kier alpha value is -3.26. The first-order valence-corrected chi connectivity index (χ1v) is 9.41. The van der Waals surface area contributed by atoms with Gasteiger partial charge in [-0.15, -0.1) is 0 Å². The Morgan fingerprint density at radius 2 is 1.89 bits per heavy atom. The molecule has 0 spiro atoms. The van der Waals surface area contributed by atoms with E-state index in [0.717, 1.165) is 10.6 Å². The van der Waals surface area contributed by atoms with Gasteiger partial charge in [0.15, 0.2) is 11.6 Å². The number of Topliss-reactive ketones (excluding diaryl/α,β-unsaturated/α-hetero) is 1. The molecule has 28 heavy (non-hydrogen) atoms. The molecule has 142 valence electrons. The van der Waals surface area contributed by atoms with Crippen molar-refractivity contribution in [3.05, 3.63) is 64.7 Å². The third-order valence-electron chi connectivity index (χ3n) is 4.63. The number of anilines is 1. The van der Waals surface area contributed by atoms with Crippen LogP contribution >= 0.6 is 11.8 Å². The van der Waals surface area contributed by atoms with E-state index in [9.17, 15) is 9.59 Å². The molecular weight excluding hydrogens is 376 g/mol. The van der Waals surface area contributed by atoms with Crippen LogP contribution < -0.4 is 15.1 Å². The van der Waals surface area contributed by atoms with E-state index in [0.29, 0.717) is 21.9 Å². The zero-order valence-electron chi connectivity index (χ0n) is 15.4. The van der Waals surface area contributed by atoms with Crippen LogP contribution in [0.25, 0.3) is 0 Å². The van der Waals surface area contributed by atoms with Crippen LogP contribution in [0, 0.1) is 5.41 Å². The fourth-order valence-corrected chi connectivity index (χ4v) is 4.35. The smallest absolute Gasteiger partial charge is 0.269 e. The molecule has 2 aromatic carbocycles. The number of carbonyl (C=O) groups excluding carboxylic acids is 2. The van der Waals surface area contributed by atoms with Crippen LogP contribution in [-0.4, -0.2) is 43.2 Å². The van der Waals surface area contributed by atoms with Crippen molar-refractivity contribution in [2.75, 3.05) is 25.6 Å². The summed E-state index contributed by atoms with van der Waals surface area (Å²) in [5.74, 6) is 0.0619. The molecular formula is C20H18N4O3S. The maximum absolute atomic E-state index is 12.6.